The third-order valence-corrected chi connectivity index (χ3v) is 5.67. The first kappa shape index (κ1) is 14.0. The van der Waals surface area contributed by atoms with Gasteiger partial charge in [0.25, 0.3) is 5.19 Å². The third-order valence-electron chi connectivity index (χ3n) is 3.12. The van der Waals surface area contributed by atoms with Gasteiger partial charge in [0.1, 0.15) is 12.2 Å². The van der Waals surface area contributed by atoms with Crippen LogP contribution in [0, 0.1) is 11.3 Å². The number of benzene rings is 1. The highest BCUT2D eigenvalue weighted by Gasteiger charge is 2.39. The zero-order chi connectivity index (χ0) is 14.9. The predicted molar refractivity (Wildman–Crippen MR) is 76.4 cm³/mol. The molecular formula is C13H11N3O3S2. The van der Waals surface area contributed by atoms with Crippen LogP contribution in [0.4, 0.5) is 0 Å². The lowest BCUT2D eigenvalue weighted by Gasteiger charge is -2.37. The molecule has 1 aromatic carbocycles. The van der Waals surface area contributed by atoms with Gasteiger partial charge in [0.05, 0.1) is 23.5 Å². The molecule has 0 bridgehead atoms. The van der Waals surface area contributed by atoms with Crippen LogP contribution in [0.1, 0.15) is 5.56 Å². The summed E-state index contributed by atoms with van der Waals surface area (Å²) in [5.74, 6) is 0. The average Bonchev–Trinajstić information content (AvgIpc) is 2.95. The van der Waals surface area contributed by atoms with Gasteiger partial charge in [0.15, 0.2) is 0 Å². The summed E-state index contributed by atoms with van der Waals surface area (Å²) in [6.07, 6.45) is 1.44. The number of hydrogen-bond donors (Lipinski definition) is 0. The molecule has 2 aromatic rings. The van der Waals surface area contributed by atoms with Gasteiger partial charge >= 0.3 is 0 Å². The Hall–Kier alpha value is -1.95. The quantitative estimate of drug-likeness (QED) is 0.851. The fourth-order valence-corrected chi connectivity index (χ4v) is 4.20. The van der Waals surface area contributed by atoms with E-state index >= 15 is 0 Å². The standard InChI is InChI=1S/C13H11N3O3S2/c14-7-10-3-1-2-4-12(10)21(17,18)16-8-11(9-16)19-13-15-5-6-20-13/h1-6,11H,8-9H2. The van der Waals surface area contributed by atoms with E-state index in [9.17, 15) is 8.42 Å². The monoisotopic (exact) mass is 321 g/mol. The summed E-state index contributed by atoms with van der Waals surface area (Å²) in [4.78, 5) is 4.04. The Morgan fingerprint density at radius 3 is 2.81 bits per heavy atom. The number of thiazole rings is 1. The number of nitriles is 1. The Balaban J connectivity index is 1.72. The van der Waals surface area contributed by atoms with Crippen molar-refractivity contribution in [1.29, 1.82) is 5.26 Å². The minimum atomic E-state index is -3.64. The first-order valence-corrected chi connectivity index (χ1v) is 8.48. The van der Waals surface area contributed by atoms with E-state index in [0.29, 0.717) is 5.19 Å². The molecule has 0 unspecified atom stereocenters. The van der Waals surface area contributed by atoms with Crippen molar-refractivity contribution in [2.75, 3.05) is 13.1 Å². The fraction of sp³-hybridized carbons (Fsp3) is 0.231. The summed E-state index contributed by atoms with van der Waals surface area (Å²) >= 11 is 1.37. The highest BCUT2D eigenvalue weighted by molar-refractivity contribution is 7.89. The molecule has 0 N–H and O–H groups in total. The third kappa shape index (κ3) is 2.63. The van der Waals surface area contributed by atoms with Crippen molar-refractivity contribution in [2.45, 2.75) is 11.0 Å². The fourth-order valence-electron chi connectivity index (χ4n) is 2.01. The molecule has 1 aliphatic heterocycles. The highest BCUT2D eigenvalue weighted by atomic mass is 32.2. The number of hydrogen-bond acceptors (Lipinski definition) is 6. The maximum absolute atomic E-state index is 12.4. The molecule has 2 heterocycles. The zero-order valence-electron chi connectivity index (χ0n) is 10.8. The molecule has 6 nitrogen and oxygen atoms in total. The number of aromatic nitrogens is 1. The molecule has 8 heteroatoms. The van der Waals surface area contributed by atoms with Crippen molar-refractivity contribution in [1.82, 2.24) is 9.29 Å². The van der Waals surface area contributed by atoms with E-state index in [-0.39, 0.29) is 29.7 Å². The van der Waals surface area contributed by atoms with E-state index in [0.717, 1.165) is 0 Å². The molecule has 3 rings (SSSR count). The normalized spacial score (nSPS) is 16.1. The second-order valence-corrected chi connectivity index (χ2v) is 7.23. The molecule has 0 radical (unpaired) electrons. The van der Waals surface area contributed by atoms with Crippen LogP contribution in [0.15, 0.2) is 40.7 Å². The van der Waals surface area contributed by atoms with Gasteiger partial charge in [-0.2, -0.15) is 9.57 Å². The van der Waals surface area contributed by atoms with Crippen LogP contribution >= 0.6 is 11.3 Å². The van der Waals surface area contributed by atoms with Gasteiger partial charge in [-0.15, -0.1) is 0 Å². The smallest absolute Gasteiger partial charge is 0.273 e. The Morgan fingerprint density at radius 1 is 1.38 bits per heavy atom. The van der Waals surface area contributed by atoms with E-state index in [1.165, 1.54) is 27.8 Å². The van der Waals surface area contributed by atoms with Crippen molar-refractivity contribution in [3.05, 3.63) is 41.4 Å². The minimum absolute atomic E-state index is 0.0419. The molecule has 0 aliphatic carbocycles. The first-order valence-electron chi connectivity index (χ1n) is 6.16. The second-order valence-electron chi connectivity index (χ2n) is 4.47. The van der Waals surface area contributed by atoms with Gasteiger partial charge in [0, 0.05) is 11.6 Å². The number of ether oxygens (including phenoxy) is 1. The maximum atomic E-state index is 12.4. The van der Waals surface area contributed by atoms with Crippen molar-refractivity contribution < 1.29 is 13.2 Å². The zero-order valence-corrected chi connectivity index (χ0v) is 12.5. The molecule has 1 saturated heterocycles. The van der Waals surface area contributed by atoms with Crippen molar-refractivity contribution in [2.24, 2.45) is 0 Å². The van der Waals surface area contributed by atoms with E-state index in [2.05, 4.69) is 4.98 Å². The number of sulfonamides is 1. The van der Waals surface area contributed by atoms with E-state index < -0.39 is 10.0 Å². The summed E-state index contributed by atoms with van der Waals surface area (Å²) < 4.78 is 31.7. The summed E-state index contributed by atoms with van der Waals surface area (Å²) in [5.41, 5.74) is 0.154. The molecule has 108 valence electrons. The number of rotatable bonds is 4. The van der Waals surface area contributed by atoms with Crippen molar-refractivity contribution in [3.8, 4) is 11.3 Å². The summed E-state index contributed by atoms with van der Waals surface area (Å²) in [7, 11) is -3.64. The molecule has 1 aromatic heterocycles. The molecular weight excluding hydrogens is 310 g/mol. The second kappa shape index (κ2) is 5.44. The Kier molecular flexibility index (Phi) is 3.63. The summed E-state index contributed by atoms with van der Waals surface area (Å²) in [5, 5.41) is 11.3. The highest BCUT2D eigenvalue weighted by Crippen LogP contribution is 2.27. The van der Waals surface area contributed by atoms with Gasteiger partial charge in [0.2, 0.25) is 10.0 Å². The van der Waals surface area contributed by atoms with E-state index in [1.807, 2.05) is 6.07 Å². The van der Waals surface area contributed by atoms with E-state index in [1.54, 1.807) is 23.7 Å². The molecule has 0 amide bonds. The predicted octanol–water partition coefficient (Wildman–Crippen LogP) is 1.47. The lowest BCUT2D eigenvalue weighted by atomic mass is 10.2. The number of nitrogens with zero attached hydrogens (tertiary/aromatic N) is 3. The Labute approximate surface area is 126 Å². The van der Waals surface area contributed by atoms with Crippen LogP contribution in [0.5, 0.6) is 5.19 Å². The summed E-state index contributed by atoms with van der Waals surface area (Å²) in [6.45, 7) is 0.531. The van der Waals surface area contributed by atoms with Crippen LogP contribution in [-0.4, -0.2) is 36.9 Å². The van der Waals surface area contributed by atoms with Crippen LogP contribution in [0.2, 0.25) is 0 Å². The van der Waals surface area contributed by atoms with Crippen LogP contribution in [0.25, 0.3) is 0 Å². The van der Waals surface area contributed by atoms with Crippen LogP contribution in [-0.2, 0) is 10.0 Å². The minimum Gasteiger partial charge on any atom is -0.464 e. The van der Waals surface area contributed by atoms with Crippen LogP contribution in [0.3, 0.4) is 0 Å². The Bertz CT molecular complexity index is 775. The summed E-state index contributed by atoms with van der Waals surface area (Å²) in [6, 6.07) is 8.10. The van der Waals surface area contributed by atoms with Gasteiger partial charge < -0.3 is 4.74 Å². The SMILES string of the molecule is N#Cc1ccccc1S(=O)(=O)N1CC(Oc2nccs2)C1. The lowest BCUT2D eigenvalue weighted by molar-refractivity contribution is 0.0759. The topological polar surface area (TPSA) is 83.3 Å². The van der Waals surface area contributed by atoms with Gasteiger partial charge in [-0.05, 0) is 12.1 Å². The first-order chi connectivity index (χ1) is 10.1. The molecule has 21 heavy (non-hydrogen) atoms. The largest absolute Gasteiger partial charge is 0.464 e. The van der Waals surface area contributed by atoms with Crippen molar-refractivity contribution >= 4 is 21.4 Å². The Morgan fingerprint density at radius 2 is 2.14 bits per heavy atom. The van der Waals surface area contributed by atoms with Gasteiger partial charge in [-0.25, -0.2) is 13.4 Å². The molecule has 1 aliphatic rings. The molecule has 0 spiro atoms. The molecule has 0 saturated carbocycles. The maximum Gasteiger partial charge on any atom is 0.273 e. The molecule has 1 fully saturated rings. The van der Waals surface area contributed by atoms with E-state index in [4.69, 9.17) is 10.00 Å². The molecule has 0 atom stereocenters. The average molecular weight is 321 g/mol. The van der Waals surface area contributed by atoms with Gasteiger partial charge in [-0.3, -0.25) is 0 Å². The van der Waals surface area contributed by atoms with Crippen LogP contribution < -0.4 is 4.74 Å². The van der Waals surface area contributed by atoms with Crippen molar-refractivity contribution in [3.63, 3.8) is 0 Å². The lowest BCUT2D eigenvalue weighted by Crippen LogP contribution is -2.56. The van der Waals surface area contributed by atoms with Gasteiger partial charge in [-0.1, -0.05) is 23.5 Å².